The molecule has 0 heterocycles. The van der Waals surface area contributed by atoms with Crippen molar-refractivity contribution >= 4 is 0 Å². The van der Waals surface area contributed by atoms with E-state index in [1.165, 1.54) is 30.4 Å². The van der Waals surface area contributed by atoms with Gasteiger partial charge in [0.15, 0.2) is 0 Å². The van der Waals surface area contributed by atoms with Gasteiger partial charge in [0.2, 0.25) is 0 Å². The second-order valence-corrected chi connectivity index (χ2v) is 3.47. The van der Waals surface area contributed by atoms with Crippen LogP contribution in [0.3, 0.4) is 0 Å². The summed E-state index contributed by atoms with van der Waals surface area (Å²) < 4.78 is 5.22. The van der Waals surface area contributed by atoms with E-state index in [-0.39, 0.29) is 0 Å². The molecule has 1 rings (SSSR count). The summed E-state index contributed by atoms with van der Waals surface area (Å²) in [4.78, 5) is 0. The highest BCUT2D eigenvalue weighted by molar-refractivity contribution is 5.22. The number of unbranched alkanes of at least 4 members (excludes halogenated alkanes) is 1. The molecule has 14 heavy (non-hydrogen) atoms. The number of hydrogen-bond donors (Lipinski definition) is 0. The van der Waals surface area contributed by atoms with Gasteiger partial charge in [-0.25, -0.2) is 0 Å². The maximum atomic E-state index is 5.22. The van der Waals surface area contributed by atoms with Crippen LogP contribution < -0.4 is 0 Å². The minimum absolute atomic E-state index is 0.685. The van der Waals surface area contributed by atoms with E-state index in [1.54, 1.807) is 6.61 Å². The third-order valence-corrected chi connectivity index (χ3v) is 2.26. The Hall–Kier alpha value is -0.820. The van der Waals surface area contributed by atoms with Gasteiger partial charge in [0, 0.05) is 0 Å². The third-order valence-electron chi connectivity index (χ3n) is 2.26. The summed E-state index contributed by atoms with van der Waals surface area (Å²) in [5.74, 6) is 0. The molecule has 1 nitrogen and oxygen atoms in total. The first-order valence-corrected chi connectivity index (χ1v) is 5.34. The molecule has 1 aromatic rings. The molecule has 1 radical (unpaired) electrons. The van der Waals surface area contributed by atoms with Gasteiger partial charge in [-0.15, -0.1) is 0 Å². The Balaban J connectivity index is 2.42. The fourth-order valence-corrected chi connectivity index (χ4v) is 1.36. The van der Waals surface area contributed by atoms with Crippen molar-refractivity contribution in [2.24, 2.45) is 0 Å². The number of rotatable bonds is 6. The zero-order valence-electron chi connectivity index (χ0n) is 9.12. The summed E-state index contributed by atoms with van der Waals surface area (Å²) in [6.07, 6.45) is 3.73. The quantitative estimate of drug-likeness (QED) is 0.665. The van der Waals surface area contributed by atoms with E-state index in [4.69, 9.17) is 4.74 Å². The molecule has 0 amide bonds. The lowest BCUT2D eigenvalue weighted by Crippen LogP contribution is -1.90. The predicted molar refractivity (Wildman–Crippen MR) is 59.8 cm³/mol. The largest absolute Gasteiger partial charge is 0.371 e. The third kappa shape index (κ3) is 3.93. The smallest absolute Gasteiger partial charge is 0.0810 e. The normalized spacial score (nSPS) is 10.4. The van der Waals surface area contributed by atoms with Gasteiger partial charge in [-0.1, -0.05) is 37.6 Å². The molecule has 0 aliphatic carbocycles. The first kappa shape index (κ1) is 11.3. The molecule has 0 fully saturated rings. The second kappa shape index (κ2) is 6.61. The molecule has 0 saturated heterocycles. The molecule has 0 atom stereocenters. The zero-order chi connectivity index (χ0) is 10.2. The fourth-order valence-electron chi connectivity index (χ4n) is 1.36. The first-order valence-electron chi connectivity index (χ1n) is 5.34. The van der Waals surface area contributed by atoms with Crippen molar-refractivity contribution in [1.29, 1.82) is 0 Å². The molecule has 0 aromatic heterocycles. The standard InChI is InChI=1S/C13H19O/c1-3-5-6-12-7-9-13(10-8-12)11-14-4-2/h4,7-10H,3,5-6,11H2,1-2H3. The van der Waals surface area contributed by atoms with E-state index in [9.17, 15) is 0 Å². The van der Waals surface area contributed by atoms with Crippen molar-refractivity contribution in [1.82, 2.24) is 0 Å². The lowest BCUT2D eigenvalue weighted by Gasteiger charge is -2.03. The van der Waals surface area contributed by atoms with Crippen LogP contribution in [0, 0.1) is 6.61 Å². The Bertz CT molecular complexity index is 211. The molecule has 1 heteroatoms. The fraction of sp³-hybridized carbons (Fsp3) is 0.462. The monoisotopic (exact) mass is 191 g/mol. The highest BCUT2D eigenvalue weighted by atomic mass is 16.5. The highest BCUT2D eigenvalue weighted by Gasteiger charge is 1.94. The van der Waals surface area contributed by atoms with Gasteiger partial charge in [-0.05, 0) is 30.9 Å². The Labute approximate surface area is 87.1 Å². The van der Waals surface area contributed by atoms with E-state index in [1.807, 2.05) is 6.92 Å². The molecule has 0 aliphatic heterocycles. The van der Waals surface area contributed by atoms with Crippen LogP contribution in [0.2, 0.25) is 0 Å². The Kier molecular flexibility index (Phi) is 5.31. The molecular formula is C13H19O. The van der Waals surface area contributed by atoms with Gasteiger partial charge in [0.25, 0.3) is 0 Å². The van der Waals surface area contributed by atoms with Crippen molar-refractivity contribution in [3.8, 4) is 0 Å². The second-order valence-electron chi connectivity index (χ2n) is 3.47. The van der Waals surface area contributed by atoms with Crippen LogP contribution in [0.15, 0.2) is 24.3 Å². The Morgan fingerprint density at radius 3 is 2.36 bits per heavy atom. The average Bonchev–Trinajstić information content (AvgIpc) is 2.25. The highest BCUT2D eigenvalue weighted by Crippen LogP contribution is 2.08. The van der Waals surface area contributed by atoms with Gasteiger partial charge >= 0.3 is 0 Å². The number of aryl methyl sites for hydroxylation is 1. The Morgan fingerprint density at radius 2 is 1.79 bits per heavy atom. The first-order chi connectivity index (χ1) is 6.86. The average molecular weight is 191 g/mol. The van der Waals surface area contributed by atoms with Crippen LogP contribution in [-0.2, 0) is 17.8 Å². The van der Waals surface area contributed by atoms with Gasteiger partial charge in [-0.2, -0.15) is 0 Å². The van der Waals surface area contributed by atoms with Crippen LogP contribution in [-0.4, -0.2) is 0 Å². The maximum Gasteiger partial charge on any atom is 0.0810 e. The minimum atomic E-state index is 0.685. The molecule has 0 N–H and O–H groups in total. The summed E-state index contributed by atoms with van der Waals surface area (Å²) in [6, 6.07) is 8.69. The molecule has 0 aliphatic rings. The van der Waals surface area contributed by atoms with E-state index in [2.05, 4.69) is 31.2 Å². The van der Waals surface area contributed by atoms with Crippen molar-refractivity contribution < 1.29 is 4.74 Å². The van der Waals surface area contributed by atoms with Crippen molar-refractivity contribution in [3.05, 3.63) is 42.0 Å². The van der Waals surface area contributed by atoms with E-state index in [0.29, 0.717) is 6.61 Å². The molecule has 77 valence electrons. The molecular weight excluding hydrogens is 172 g/mol. The van der Waals surface area contributed by atoms with Gasteiger partial charge in [0.1, 0.15) is 0 Å². The van der Waals surface area contributed by atoms with Crippen molar-refractivity contribution in [2.45, 2.75) is 39.7 Å². The zero-order valence-corrected chi connectivity index (χ0v) is 9.12. The Morgan fingerprint density at radius 1 is 1.14 bits per heavy atom. The van der Waals surface area contributed by atoms with Gasteiger partial charge in [0.05, 0.1) is 13.2 Å². The van der Waals surface area contributed by atoms with E-state index < -0.39 is 0 Å². The van der Waals surface area contributed by atoms with E-state index in [0.717, 1.165) is 0 Å². The molecule has 0 unspecified atom stereocenters. The number of benzene rings is 1. The SMILES string of the molecule is C[CH]OCc1ccc(CCCC)cc1. The topological polar surface area (TPSA) is 9.23 Å². The summed E-state index contributed by atoms with van der Waals surface area (Å²) in [6.45, 7) is 6.53. The molecule has 0 bridgehead atoms. The molecule has 0 spiro atoms. The molecule has 1 aromatic carbocycles. The number of ether oxygens (including phenoxy) is 1. The van der Waals surface area contributed by atoms with Crippen LogP contribution in [0.4, 0.5) is 0 Å². The summed E-state index contributed by atoms with van der Waals surface area (Å²) in [5, 5.41) is 0. The van der Waals surface area contributed by atoms with Gasteiger partial charge < -0.3 is 4.74 Å². The van der Waals surface area contributed by atoms with Crippen LogP contribution in [0.1, 0.15) is 37.8 Å². The molecule has 0 saturated carbocycles. The number of hydrogen-bond acceptors (Lipinski definition) is 1. The summed E-state index contributed by atoms with van der Waals surface area (Å²) >= 11 is 0. The lowest BCUT2D eigenvalue weighted by atomic mass is 10.1. The predicted octanol–water partition coefficient (Wildman–Crippen LogP) is 3.73. The van der Waals surface area contributed by atoms with Gasteiger partial charge in [-0.3, -0.25) is 0 Å². The van der Waals surface area contributed by atoms with Crippen molar-refractivity contribution in [2.75, 3.05) is 0 Å². The summed E-state index contributed by atoms with van der Waals surface area (Å²) in [5.41, 5.74) is 2.67. The van der Waals surface area contributed by atoms with Crippen LogP contribution >= 0.6 is 0 Å². The van der Waals surface area contributed by atoms with Crippen molar-refractivity contribution in [3.63, 3.8) is 0 Å². The van der Waals surface area contributed by atoms with Crippen LogP contribution in [0.25, 0.3) is 0 Å². The summed E-state index contributed by atoms with van der Waals surface area (Å²) in [7, 11) is 0. The lowest BCUT2D eigenvalue weighted by molar-refractivity contribution is 0.191. The van der Waals surface area contributed by atoms with E-state index >= 15 is 0 Å². The maximum absolute atomic E-state index is 5.22. The minimum Gasteiger partial charge on any atom is -0.371 e. The van der Waals surface area contributed by atoms with Crippen LogP contribution in [0.5, 0.6) is 0 Å².